The van der Waals surface area contributed by atoms with Gasteiger partial charge in [-0.1, -0.05) is 18.2 Å². The van der Waals surface area contributed by atoms with Gasteiger partial charge in [-0.3, -0.25) is 4.98 Å². The Morgan fingerprint density at radius 2 is 2.06 bits per heavy atom. The van der Waals surface area contributed by atoms with Crippen LogP contribution in [0.3, 0.4) is 0 Å². The Morgan fingerprint density at radius 1 is 1.19 bits per heavy atom. The summed E-state index contributed by atoms with van der Waals surface area (Å²) >= 11 is 0. The summed E-state index contributed by atoms with van der Waals surface area (Å²) in [5.41, 5.74) is 9.31. The van der Waals surface area contributed by atoms with Crippen molar-refractivity contribution < 1.29 is 0 Å². The topological polar surface area (TPSA) is 38.9 Å². The second kappa shape index (κ2) is 5.08. The Bertz CT molecular complexity index is 477. The van der Waals surface area contributed by atoms with Gasteiger partial charge in [0.1, 0.15) is 0 Å². The molecule has 16 heavy (non-hydrogen) atoms. The number of pyridine rings is 1. The predicted octanol–water partition coefficient (Wildman–Crippen LogP) is 2.82. The second-order valence-corrected chi connectivity index (χ2v) is 4.19. The molecule has 0 fully saturated rings. The summed E-state index contributed by atoms with van der Waals surface area (Å²) < 4.78 is 0. The van der Waals surface area contributed by atoms with Crippen molar-refractivity contribution in [3.8, 4) is 0 Å². The van der Waals surface area contributed by atoms with Crippen molar-refractivity contribution in [2.45, 2.75) is 26.2 Å². The van der Waals surface area contributed by atoms with Gasteiger partial charge in [-0.2, -0.15) is 0 Å². The number of unbranched alkanes of at least 4 members (excludes halogenated alkanes) is 1. The third kappa shape index (κ3) is 2.22. The fourth-order valence-corrected chi connectivity index (χ4v) is 2.04. The van der Waals surface area contributed by atoms with E-state index in [2.05, 4.69) is 36.2 Å². The molecule has 2 N–H and O–H groups in total. The molecule has 0 bridgehead atoms. The number of fused-ring (bicyclic) bond motifs is 1. The van der Waals surface area contributed by atoms with Gasteiger partial charge in [0.2, 0.25) is 0 Å². The highest BCUT2D eigenvalue weighted by Gasteiger charge is 2.03. The van der Waals surface area contributed by atoms with Gasteiger partial charge in [0.05, 0.1) is 5.52 Å². The highest BCUT2D eigenvalue weighted by Crippen LogP contribution is 2.20. The molecule has 0 unspecified atom stereocenters. The Morgan fingerprint density at radius 3 is 2.88 bits per heavy atom. The number of benzene rings is 1. The SMILES string of the molecule is Cc1ccnc2c(CCCCN)cccc12. The molecular weight excluding hydrogens is 196 g/mol. The molecule has 1 aromatic heterocycles. The van der Waals surface area contributed by atoms with Gasteiger partial charge in [0.25, 0.3) is 0 Å². The molecule has 0 radical (unpaired) electrons. The van der Waals surface area contributed by atoms with Crippen molar-refractivity contribution >= 4 is 10.9 Å². The van der Waals surface area contributed by atoms with Gasteiger partial charge in [-0.25, -0.2) is 0 Å². The summed E-state index contributed by atoms with van der Waals surface area (Å²) in [6, 6.07) is 8.50. The Labute approximate surface area is 96.5 Å². The van der Waals surface area contributed by atoms with E-state index in [0.717, 1.165) is 31.3 Å². The lowest BCUT2D eigenvalue weighted by molar-refractivity contribution is 0.746. The molecule has 0 aliphatic heterocycles. The molecule has 1 aromatic carbocycles. The van der Waals surface area contributed by atoms with E-state index in [1.807, 2.05) is 6.20 Å². The Hall–Kier alpha value is -1.41. The van der Waals surface area contributed by atoms with Crippen LogP contribution in [0, 0.1) is 6.92 Å². The maximum absolute atomic E-state index is 5.51. The van der Waals surface area contributed by atoms with Crippen LogP contribution in [0.4, 0.5) is 0 Å². The number of para-hydroxylation sites is 1. The monoisotopic (exact) mass is 214 g/mol. The number of aromatic nitrogens is 1. The fourth-order valence-electron chi connectivity index (χ4n) is 2.04. The van der Waals surface area contributed by atoms with E-state index < -0.39 is 0 Å². The van der Waals surface area contributed by atoms with Crippen LogP contribution in [0.5, 0.6) is 0 Å². The summed E-state index contributed by atoms with van der Waals surface area (Å²) in [6.45, 7) is 2.91. The lowest BCUT2D eigenvalue weighted by atomic mass is 10.0. The molecule has 2 nitrogen and oxygen atoms in total. The summed E-state index contributed by atoms with van der Waals surface area (Å²) in [5, 5.41) is 1.27. The molecule has 0 saturated heterocycles. The average Bonchev–Trinajstić information content (AvgIpc) is 2.31. The predicted molar refractivity (Wildman–Crippen MR) is 68.5 cm³/mol. The average molecular weight is 214 g/mol. The summed E-state index contributed by atoms with van der Waals surface area (Å²) in [4.78, 5) is 4.49. The van der Waals surface area contributed by atoms with Crippen molar-refractivity contribution in [1.82, 2.24) is 4.98 Å². The minimum atomic E-state index is 0.775. The minimum absolute atomic E-state index is 0.775. The smallest absolute Gasteiger partial charge is 0.0736 e. The molecule has 0 atom stereocenters. The Kier molecular flexibility index (Phi) is 3.52. The van der Waals surface area contributed by atoms with E-state index in [4.69, 9.17) is 5.73 Å². The number of aryl methyl sites for hydroxylation is 2. The van der Waals surface area contributed by atoms with E-state index in [1.54, 1.807) is 0 Å². The molecule has 1 heterocycles. The van der Waals surface area contributed by atoms with E-state index in [9.17, 15) is 0 Å². The first-order valence-corrected chi connectivity index (χ1v) is 5.86. The third-order valence-electron chi connectivity index (χ3n) is 2.97. The minimum Gasteiger partial charge on any atom is -0.330 e. The number of hydrogen-bond acceptors (Lipinski definition) is 2. The molecule has 2 aromatic rings. The molecule has 2 rings (SSSR count). The molecule has 2 heteroatoms. The van der Waals surface area contributed by atoms with Crippen LogP contribution < -0.4 is 5.73 Å². The van der Waals surface area contributed by atoms with Crippen LogP contribution >= 0.6 is 0 Å². The van der Waals surface area contributed by atoms with Gasteiger partial charge < -0.3 is 5.73 Å². The number of rotatable bonds is 4. The van der Waals surface area contributed by atoms with E-state index in [-0.39, 0.29) is 0 Å². The van der Waals surface area contributed by atoms with E-state index in [1.165, 1.54) is 16.5 Å². The normalized spacial score (nSPS) is 10.9. The van der Waals surface area contributed by atoms with Crippen molar-refractivity contribution in [1.29, 1.82) is 0 Å². The quantitative estimate of drug-likeness (QED) is 0.795. The fraction of sp³-hybridized carbons (Fsp3) is 0.357. The van der Waals surface area contributed by atoms with Gasteiger partial charge in [0, 0.05) is 11.6 Å². The number of nitrogens with zero attached hydrogens (tertiary/aromatic N) is 1. The summed E-state index contributed by atoms with van der Waals surface area (Å²) in [6.07, 6.45) is 5.20. The van der Waals surface area contributed by atoms with Gasteiger partial charge in [0.15, 0.2) is 0 Å². The van der Waals surface area contributed by atoms with Crippen LogP contribution in [0.1, 0.15) is 24.0 Å². The summed E-state index contributed by atoms with van der Waals surface area (Å²) in [7, 11) is 0. The standard InChI is InChI=1S/C14H18N2/c1-11-8-10-16-14-12(5-2-3-9-15)6-4-7-13(11)14/h4,6-8,10H,2-3,5,9,15H2,1H3. The Balaban J connectivity index is 2.34. The van der Waals surface area contributed by atoms with Crippen molar-refractivity contribution in [2.75, 3.05) is 6.54 Å². The second-order valence-electron chi connectivity index (χ2n) is 4.19. The van der Waals surface area contributed by atoms with Crippen LogP contribution in [0.25, 0.3) is 10.9 Å². The molecule has 0 saturated carbocycles. The first-order valence-electron chi connectivity index (χ1n) is 5.86. The highest BCUT2D eigenvalue weighted by molar-refractivity contribution is 5.84. The number of nitrogens with two attached hydrogens (primary N) is 1. The number of hydrogen-bond donors (Lipinski definition) is 1. The van der Waals surface area contributed by atoms with E-state index in [0.29, 0.717) is 0 Å². The highest BCUT2D eigenvalue weighted by atomic mass is 14.7. The first-order chi connectivity index (χ1) is 7.83. The van der Waals surface area contributed by atoms with Crippen molar-refractivity contribution in [3.05, 3.63) is 41.6 Å². The molecule has 0 aliphatic carbocycles. The van der Waals surface area contributed by atoms with Crippen LogP contribution in [-0.2, 0) is 6.42 Å². The largest absolute Gasteiger partial charge is 0.330 e. The summed E-state index contributed by atoms with van der Waals surface area (Å²) in [5.74, 6) is 0. The first kappa shape index (κ1) is 11.1. The zero-order chi connectivity index (χ0) is 11.4. The van der Waals surface area contributed by atoms with Gasteiger partial charge in [-0.05, 0) is 49.9 Å². The van der Waals surface area contributed by atoms with Gasteiger partial charge >= 0.3 is 0 Å². The lowest BCUT2D eigenvalue weighted by Gasteiger charge is -2.06. The van der Waals surface area contributed by atoms with Crippen LogP contribution in [-0.4, -0.2) is 11.5 Å². The van der Waals surface area contributed by atoms with Crippen LogP contribution in [0.15, 0.2) is 30.5 Å². The maximum atomic E-state index is 5.51. The molecule has 0 amide bonds. The zero-order valence-corrected chi connectivity index (χ0v) is 9.74. The molecule has 0 aliphatic rings. The van der Waals surface area contributed by atoms with Crippen molar-refractivity contribution in [3.63, 3.8) is 0 Å². The third-order valence-corrected chi connectivity index (χ3v) is 2.97. The maximum Gasteiger partial charge on any atom is 0.0736 e. The molecular formula is C14H18N2. The van der Waals surface area contributed by atoms with Crippen LogP contribution in [0.2, 0.25) is 0 Å². The van der Waals surface area contributed by atoms with Crippen molar-refractivity contribution in [2.24, 2.45) is 5.73 Å². The zero-order valence-electron chi connectivity index (χ0n) is 9.74. The molecule has 84 valence electrons. The molecule has 0 spiro atoms. The van der Waals surface area contributed by atoms with Gasteiger partial charge in [-0.15, -0.1) is 0 Å². The lowest BCUT2D eigenvalue weighted by Crippen LogP contribution is -1.99. The van der Waals surface area contributed by atoms with E-state index >= 15 is 0 Å².